The van der Waals surface area contributed by atoms with Crippen LogP contribution in [0.15, 0.2) is 124 Å². The van der Waals surface area contributed by atoms with Gasteiger partial charge < -0.3 is 0 Å². The molecule has 0 aliphatic carbocycles. The second-order valence-electron chi connectivity index (χ2n) is 8.61. The van der Waals surface area contributed by atoms with Gasteiger partial charge in [0.1, 0.15) is 0 Å². The van der Waals surface area contributed by atoms with Gasteiger partial charge in [-0.3, -0.25) is 18.8 Å². The monoisotopic (exact) mass is 545 g/mol. The third-order valence-electron chi connectivity index (χ3n) is 5.95. The first-order valence-electron chi connectivity index (χ1n) is 11.6. The fourth-order valence-corrected chi connectivity index (χ4v) is 6.32. The van der Waals surface area contributed by atoms with Crippen LogP contribution in [-0.2, 0) is 20.0 Å². The lowest BCUT2D eigenvalue weighted by Gasteiger charge is -2.20. The molecule has 10 heteroatoms. The summed E-state index contributed by atoms with van der Waals surface area (Å²) in [5, 5.41) is 0.851. The number of sulfonamides is 2. The molecule has 0 saturated carbocycles. The van der Waals surface area contributed by atoms with Crippen LogP contribution in [-0.4, -0.2) is 21.4 Å². The summed E-state index contributed by atoms with van der Waals surface area (Å²) in [5.74, 6) is 0. The number of nitrogens with zero attached hydrogens (tertiary/aromatic N) is 1. The third kappa shape index (κ3) is 4.91. The molecule has 0 radical (unpaired) electrons. The Balaban J connectivity index is 1.77. The molecule has 1 aromatic heterocycles. The molecule has 5 aromatic rings. The van der Waals surface area contributed by atoms with Crippen LogP contribution in [0.3, 0.4) is 0 Å². The number of hydrogen-bond acceptors (Lipinski definition) is 5. The Bertz CT molecular complexity index is 1920. The van der Waals surface area contributed by atoms with Crippen LogP contribution in [0.4, 0.5) is 11.4 Å². The summed E-state index contributed by atoms with van der Waals surface area (Å²) in [6, 6.07) is 27.1. The molecule has 5 rings (SSSR count). The van der Waals surface area contributed by atoms with E-state index in [9.17, 15) is 21.6 Å². The molecule has 0 unspecified atom stereocenters. The molecule has 0 spiro atoms. The van der Waals surface area contributed by atoms with Crippen LogP contribution in [0.5, 0.6) is 0 Å². The van der Waals surface area contributed by atoms with Crippen molar-refractivity contribution in [3.63, 3.8) is 0 Å². The highest BCUT2D eigenvalue weighted by Crippen LogP contribution is 2.37. The highest BCUT2D eigenvalue weighted by molar-refractivity contribution is 7.93. The van der Waals surface area contributed by atoms with E-state index in [0.29, 0.717) is 10.8 Å². The van der Waals surface area contributed by atoms with Crippen molar-refractivity contribution in [2.75, 3.05) is 9.44 Å². The Morgan fingerprint density at radius 2 is 1.16 bits per heavy atom. The average molecular weight is 546 g/mol. The largest absolute Gasteiger partial charge is 0.282 e. The molecule has 0 fully saturated rings. The minimum Gasteiger partial charge on any atom is -0.282 e. The van der Waals surface area contributed by atoms with Gasteiger partial charge in [-0.25, -0.2) is 16.8 Å². The minimum atomic E-state index is -4.05. The van der Waals surface area contributed by atoms with E-state index in [4.69, 9.17) is 0 Å². The third-order valence-corrected chi connectivity index (χ3v) is 8.69. The van der Waals surface area contributed by atoms with E-state index in [1.807, 2.05) is 0 Å². The molecule has 0 aliphatic rings. The maximum Gasteiger partial charge on any atom is 0.261 e. The molecular weight excluding hydrogens is 522 g/mol. The summed E-state index contributed by atoms with van der Waals surface area (Å²) < 4.78 is 59.7. The topological polar surface area (TPSA) is 114 Å². The molecule has 8 nitrogen and oxygen atoms in total. The highest BCUT2D eigenvalue weighted by Gasteiger charge is 2.23. The van der Waals surface area contributed by atoms with Crippen LogP contribution >= 0.6 is 0 Å². The molecular formula is C28H23N3O5S2. The van der Waals surface area contributed by atoms with E-state index in [-0.39, 0.29) is 26.9 Å². The van der Waals surface area contributed by atoms with Crippen LogP contribution < -0.4 is 15.0 Å². The van der Waals surface area contributed by atoms with Crippen molar-refractivity contribution < 1.29 is 16.8 Å². The van der Waals surface area contributed by atoms with E-state index in [0.717, 1.165) is 5.56 Å². The van der Waals surface area contributed by atoms with E-state index < -0.39 is 25.6 Å². The summed E-state index contributed by atoms with van der Waals surface area (Å²) in [4.78, 5) is 13.1. The second-order valence-corrected chi connectivity index (χ2v) is 12.0. The molecule has 1 heterocycles. The van der Waals surface area contributed by atoms with Crippen molar-refractivity contribution in [2.45, 2.75) is 16.7 Å². The second kappa shape index (κ2) is 9.81. The smallest absolute Gasteiger partial charge is 0.261 e. The molecule has 0 saturated heterocycles. The average Bonchev–Trinajstić information content (AvgIpc) is 2.91. The van der Waals surface area contributed by atoms with Gasteiger partial charge in [-0.1, -0.05) is 60.7 Å². The Morgan fingerprint density at radius 1 is 0.632 bits per heavy atom. The quantitative estimate of drug-likeness (QED) is 0.302. The molecule has 0 bridgehead atoms. The fourth-order valence-electron chi connectivity index (χ4n) is 4.12. The standard InChI is InChI=1S/C28H23N3O5S2/c1-20-16-17-31(27(32)18-20)26-19-25(29-37(33,34)21-10-4-2-5-11-21)23-14-8-9-15-24(23)28(26)30-38(35,36)22-12-6-3-7-13-22/h2-19,29-30H,1H3. The van der Waals surface area contributed by atoms with Crippen molar-refractivity contribution in [3.8, 4) is 5.69 Å². The lowest BCUT2D eigenvalue weighted by Crippen LogP contribution is -2.21. The lowest BCUT2D eigenvalue weighted by molar-refractivity contribution is 0.599. The van der Waals surface area contributed by atoms with E-state index >= 15 is 0 Å². The number of anilines is 2. The van der Waals surface area contributed by atoms with Crippen molar-refractivity contribution in [2.24, 2.45) is 0 Å². The van der Waals surface area contributed by atoms with Gasteiger partial charge in [0.05, 0.1) is 26.9 Å². The molecule has 192 valence electrons. The number of aryl methyl sites for hydroxylation is 1. The minimum absolute atomic E-state index is 0.0418. The van der Waals surface area contributed by atoms with Crippen LogP contribution in [0.2, 0.25) is 0 Å². The Morgan fingerprint density at radius 3 is 1.74 bits per heavy atom. The van der Waals surface area contributed by atoms with Crippen LogP contribution in [0.25, 0.3) is 16.5 Å². The molecule has 0 atom stereocenters. The number of hydrogen-bond donors (Lipinski definition) is 2. The molecule has 4 aromatic carbocycles. The molecule has 0 amide bonds. The van der Waals surface area contributed by atoms with Gasteiger partial charge in [-0.15, -0.1) is 0 Å². The predicted molar refractivity (Wildman–Crippen MR) is 149 cm³/mol. The van der Waals surface area contributed by atoms with Crippen molar-refractivity contribution in [3.05, 3.63) is 125 Å². The zero-order valence-corrected chi connectivity index (χ0v) is 21.8. The van der Waals surface area contributed by atoms with Gasteiger partial charge >= 0.3 is 0 Å². The van der Waals surface area contributed by atoms with Gasteiger partial charge in [0, 0.05) is 23.0 Å². The van der Waals surface area contributed by atoms with E-state index in [1.54, 1.807) is 73.7 Å². The number of aromatic nitrogens is 1. The zero-order valence-electron chi connectivity index (χ0n) is 20.2. The van der Waals surface area contributed by atoms with E-state index in [1.165, 1.54) is 47.2 Å². The predicted octanol–water partition coefficient (Wildman–Crippen LogP) is 4.90. The van der Waals surface area contributed by atoms with Crippen LogP contribution in [0, 0.1) is 6.92 Å². The summed E-state index contributed by atoms with van der Waals surface area (Å²) >= 11 is 0. The summed E-state index contributed by atoms with van der Waals surface area (Å²) in [6.45, 7) is 1.77. The van der Waals surface area contributed by atoms with Gasteiger partial charge in [0.2, 0.25) is 0 Å². The summed E-state index contributed by atoms with van der Waals surface area (Å²) in [5.41, 5.74) is 0.812. The number of benzene rings is 4. The van der Waals surface area contributed by atoms with Gasteiger partial charge in [-0.2, -0.15) is 0 Å². The first-order valence-corrected chi connectivity index (χ1v) is 14.5. The first kappa shape index (κ1) is 25.2. The highest BCUT2D eigenvalue weighted by atomic mass is 32.2. The van der Waals surface area contributed by atoms with Crippen molar-refractivity contribution in [1.29, 1.82) is 0 Å². The SMILES string of the molecule is Cc1ccn(-c2cc(NS(=O)(=O)c3ccccc3)c3ccccc3c2NS(=O)(=O)c2ccccc2)c(=O)c1. The van der Waals surface area contributed by atoms with Gasteiger partial charge in [-0.05, 0) is 48.9 Å². The zero-order chi connectivity index (χ0) is 26.9. The summed E-state index contributed by atoms with van der Waals surface area (Å²) in [6.07, 6.45) is 1.53. The fraction of sp³-hybridized carbons (Fsp3) is 0.0357. The normalized spacial score (nSPS) is 11.8. The molecule has 2 N–H and O–H groups in total. The van der Waals surface area contributed by atoms with Crippen molar-refractivity contribution >= 4 is 42.2 Å². The molecule has 0 aliphatic heterocycles. The molecule has 38 heavy (non-hydrogen) atoms. The summed E-state index contributed by atoms with van der Waals surface area (Å²) in [7, 11) is -8.04. The van der Waals surface area contributed by atoms with Gasteiger partial charge in [0.25, 0.3) is 25.6 Å². The van der Waals surface area contributed by atoms with Crippen LogP contribution in [0.1, 0.15) is 5.56 Å². The van der Waals surface area contributed by atoms with Gasteiger partial charge in [0.15, 0.2) is 0 Å². The number of rotatable bonds is 7. The Hall–Kier alpha value is -4.41. The number of nitrogens with one attached hydrogen (secondary N) is 2. The number of pyridine rings is 1. The van der Waals surface area contributed by atoms with Crippen molar-refractivity contribution in [1.82, 2.24) is 4.57 Å². The maximum atomic E-state index is 13.4. The first-order chi connectivity index (χ1) is 18.2. The number of fused-ring (bicyclic) bond motifs is 1. The Labute approximate surface area is 220 Å². The van der Waals surface area contributed by atoms with E-state index in [2.05, 4.69) is 9.44 Å². The lowest BCUT2D eigenvalue weighted by atomic mass is 10.1. The Kier molecular flexibility index (Phi) is 6.52. The maximum absolute atomic E-state index is 13.4.